The monoisotopic (exact) mass is 292 g/mol. The standard InChI is InChI=1S/C16H18F2N2O/c17-11-3-6-15(14(18)8-11)21-13-2-1-7-16(9-13,10-19)20-12-4-5-12/h3,6,8,12-13,20H,1-2,4-5,7,9H2. The zero-order valence-electron chi connectivity index (χ0n) is 11.7. The Bertz CT molecular complexity index is 568. The molecule has 21 heavy (non-hydrogen) atoms. The van der Waals surface area contributed by atoms with Crippen LogP contribution in [0.4, 0.5) is 8.78 Å². The number of ether oxygens (including phenoxy) is 1. The number of hydrogen-bond donors (Lipinski definition) is 1. The third-order valence-electron chi connectivity index (χ3n) is 4.17. The van der Waals surface area contributed by atoms with Crippen LogP contribution >= 0.6 is 0 Å². The number of nitrogens with zero attached hydrogens (tertiary/aromatic N) is 1. The minimum Gasteiger partial charge on any atom is -0.487 e. The van der Waals surface area contributed by atoms with Crippen LogP contribution in [0.1, 0.15) is 38.5 Å². The maximum absolute atomic E-state index is 13.7. The number of benzene rings is 1. The summed E-state index contributed by atoms with van der Waals surface area (Å²) in [5, 5.41) is 12.9. The van der Waals surface area contributed by atoms with Crippen LogP contribution < -0.4 is 10.1 Å². The number of nitrogens with one attached hydrogen (secondary N) is 1. The van der Waals surface area contributed by atoms with Crippen LogP contribution in [-0.2, 0) is 0 Å². The molecule has 2 atom stereocenters. The highest BCUT2D eigenvalue weighted by Crippen LogP contribution is 2.34. The molecule has 2 saturated carbocycles. The molecule has 5 heteroatoms. The summed E-state index contributed by atoms with van der Waals surface area (Å²) in [6.45, 7) is 0. The van der Waals surface area contributed by atoms with Gasteiger partial charge in [-0.15, -0.1) is 0 Å². The van der Waals surface area contributed by atoms with Crippen molar-refractivity contribution in [1.29, 1.82) is 5.26 Å². The predicted molar refractivity (Wildman–Crippen MR) is 73.7 cm³/mol. The summed E-state index contributed by atoms with van der Waals surface area (Å²) in [6.07, 6.45) is 4.99. The summed E-state index contributed by atoms with van der Waals surface area (Å²) in [5.41, 5.74) is -0.569. The first kappa shape index (κ1) is 14.3. The van der Waals surface area contributed by atoms with E-state index in [0.717, 1.165) is 38.2 Å². The molecule has 1 aromatic rings. The molecule has 2 aliphatic rings. The lowest BCUT2D eigenvalue weighted by molar-refractivity contribution is 0.107. The molecule has 112 valence electrons. The first-order valence-electron chi connectivity index (χ1n) is 7.41. The highest BCUT2D eigenvalue weighted by Gasteiger charge is 2.41. The number of hydrogen-bond acceptors (Lipinski definition) is 3. The Kier molecular flexibility index (Phi) is 3.81. The average Bonchev–Trinajstić information content (AvgIpc) is 3.26. The van der Waals surface area contributed by atoms with Gasteiger partial charge in [-0.3, -0.25) is 5.32 Å². The third kappa shape index (κ3) is 3.33. The molecule has 0 heterocycles. The molecule has 0 amide bonds. The molecular formula is C16H18F2N2O. The van der Waals surface area contributed by atoms with Gasteiger partial charge in [-0.05, 0) is 44.2 Å². The first-order chi connectivity index (χ1) is 10.1. The quantitative estimate of drug-likeness (QED) is 0.926. The van der Waals surface area contributed by atoms with Crippen molar-refractivity contribution in [2.45, 2.75) is 56.2 Å². The summed E-state index contributed by atoms with van der Waals surface area (Å²) in [7, 11) is 0. The molecule has 0 spiro atoms. The zero-order chi connectivity index (χ0) is 14.9. The molecule has 2 aliphatic carbocycles. The molecular weight excluding hydrogens is 274 g/mol. The average molecular weight is 292 g/mol. The van der Waals surface area contributed by atoms with E-state index < -0.39 is 17.2 Å². The van der Waals surface area contributed by atoms with Crippen molar-refractivity contribution in [1.82, 2.24) is 5.32 Å². The molecule has 3 nitrogen and oxygen atoms in total. The molecule has 0 saturated heterocycles. The Hall–Kier alpha value is -1.67. The highest BCUT2D eigenvalue weighted by atomic mass is 19.1. The van der Waals surface area contributed by atoms with Gasteiger partial charge in [-0.25, -0.2) is 8.78 Å². The van der Waals surface area contributed by atoms with Gasteiger partial charge in [-0.2, -0.15) is 5.26 Å². The minimum atomic E-state index is -0.696. The van der Waals surface area contributed by atoms with E-state index in [9.17, 15) is 14.0 Å². The van der Waals surface area contributed by atoms with Gasteiger partial charge in [0, 0.05) is 18.5 Å². The number of nitriles is 1. The largest absolute Gasteiger partial charge is 0.487 e. The SMILES string of the molecule is N#CC1(NC2CC2)CCCC(Oc2ccc(F)cc2F)C1. The molecule has 3 rings (SSSR count). The van der Waals surface area contributed by atoms with Crippen LogP contribution in [0.15, 0.2) is 18.2 Å². The van der Waals surface area contributed by atoms with E-state index in [1.54, 1.807) is 0 Å². The topological polar surface area (TPSA) is 45.0 Å². The number of rotatable bonds is 4. The fourth-order valence-corrected chi connectivity index (χ4v) is 2.96. The normalized spacial score (nSPS) is 28.9. The highest BCUT2D eigenvalue weighted by molar-refractivity contribution is 5.25. The maximum Gasteiger partial charge on any atom is 0.167 e. The summed E-state index contributed by atoms with van der Waals surface area (Å²) in [5.74, 6) is -1.26. The van der Waals surface area contributed by atoms with Gasteiger partial charge in [0.1, 0.15) is 17.5 Å². The second-order valence-corrected chi connectivity index (χ2v) is 6.02. The van der Waals surface area contributed by atoms with Crippen molar-refractivity contribution in [2.24, 2.45) is 0 Å². The molecule has 2 fully saturated rings. The van der Waals surface area contributed by atoms with Gasteiger partial charge < -0.3 is 4.74 Å². The fourth-order valence-electron chi connectivity index (χ4n) is 2.96. The fraction of sp³-hybridized carbons (Fsp3) is 0.562. The summed E-state index contributed by atoms with van der Waals surface area (Å²) >= 11 is 0. The van der Waals surface area contributed by atoms with E-state index in [0.29, 0.717) is 12.5 Å². The summed E-state index contributed by atoms with van der Waals surface area (Å²) in [6, 6.07) is 6.13. The lowest BCUT2D eigenvalue weighted by atomic mass is 9.81. The van der Waals surface area contributed by atoms with Crippen molar-refractivity contribution in [3.63, 3.8) is 0 Å². The van der Waals surface area contributed by atoms with Gasteiger partial charge in [0.15, 0.2) is 11.6 Å². The van der Waals surface area contributed by atoms with Gasteiger partial charge in [0.05, 0.1) is 6.07 Å². The van der Waals surface area contributed by atoms with Crippen molar-refractivity contribution in [3.05, 3.63) is 29.8 Å². The van der Waals surface area contributed by atoms with E-state index in [4.69, 9.17) is 4.74 Å². The van der Waals surface area contributed by atoms with E-state index in [1.807, 2.05) is 0 Å². The van der Waals surface area contributed by atoms with Crippen molar-refractivity contribution in [2.75, 3.05) is 0 Å². The first-order valence-corrected chi connectivity index (χ1v) is 7.41. The minimum absolute atomic E-state index is 0.0570. The summed E-state index contributed by atoms with van der Waals surface area (Å²) in [4.78, 5) is 0. The van der Waals surface area contributed by atoms with Crippen LogP contribution in [0.25, 0.3) is 0 Å². The predicted octanol–water partition coefficient (Wildman–Crippen LogP) is 3.30. The van der Waals surface area contributed by atoms with Gasteiger partial charge in [0.25, 0.3) is 0 Å². The van der Waals surface area contributed by atoms with E-state index in [-0.39, 0.29) is 11.9 Å². The molecule has 0 radical (unpaired) electrons. The Morgan fingerprint density at radius 3 is 2.76 bits per heavy atom. The Morgan fingerprint density at radius 2 is 2.10 bits per heavy atom. The van der Waals surface area contributed by atoms with E-state index >= 15 is 0 Å². The maximum atomic E-state index is 13.7. The number of halogens is 2. The van der Waals surface area contributed by atoms with Crippen LogP contribution in [0.3, 0.4) is 0 Å². The lowest BCUT2D eigenvalue weighted by Crippen LogP contribution is -2.50. The van der Waals surface area contributed by atoms with Crippen LogP contribution in [0, 0.1) is 23.0 Å². The second kappa shape index (κ2) is 5.61. The Labute approximate surface area is 122 Å². The van der Waals surface area contributed by atoms with Crippen molar-refractivity contribution in [3.8, 4) is 11.8 Å². The molecule has 1 N–H and O–H groups in total. The van der Waals surface area contributed by atoms with E-state index in [2.05, 4.69) is 11.4 Å². The lowest BCUT2D eigenvalue weighted by Gasteiger charge is -2.36. The van der Waals surface area contributed by atoms with Crippen LogP contribution in [-0.4, -0.2) is 17.7 Å². The zero-order valence-corrected chi connectivity index (χ0v) is 11.7. The Balaban J connectivity index is 1.69. The molecule has 0 aromatic heterocycles. The van der Waals surface area contributed by atoms with Crippen molar-refractivity contribution >= 4 is 0 Å². The van der Waals surface area contributed by atoms with Gasteiger partial charge >= 0.3 is 0 Å². The molecule has 2 unspecified atom stereocenters. The smallest absolute Gasteiger partial charge is 0.167 e. The van der Waals surface area contributed by atoms with E-state index in [1.165, 1.54) is 12.1 Å². The second-order valence-electron chi connectivity index (χ2n) is 6.02. The van der Waals surface area contributed by atoms with Crippen LogP contribution in [0.2, 0.25) is 0 Å². The third-order valence-corrected chi connectivity index (χ3v) is 4.17. The molecule has 0 aliphatic heterocycles. The summed E-state index contributed by atoms with van der Waals surface area (Å²) < 4.78 is 32.2. The van der Waals surface area contributed by atoms with Gasteiger partial charge in [0.2, 0.25) is 0 Å². The molecule has 0 bridgehead atoms. The van der Waals surface area contributed by atoms with Crippen LogP contribution in [0.5, 0.6) is 5.75 Å². The van der Waals surface area contributed by atoms with Crippen molar-refractivity contribution < 1.29 is 13.5 Å². The van der Waals surface area contributed by atoms with Gasteiger partial charge in [-0.1, -0.05) is 0 Å². The Morgan fingerprint density at radius 1 is 1.29 bits per heavy atom. The molecule has 1 aromatic carbocycles.